The molecule has 2 N–H and O–H groups in total. The number of carbonyl (C=O) groups is 1. The van der Waals surface area contributed by atoms with Crippen LogP contribution < -0.4 is 5.32 Å². The average molecular weight is 360 g/mol. The van der Waals surface area contributed by atoms with Crippen molar-refractivity contribution in [3.63, 3.8) is 0 Å². The summed E-state index contributed by atoms with van der Waals surface area (Å²) in [4.78, 5) is 14.1. The summed E-state index contributed by atoms with van der Waals surface area (Å²) >= 11 is 5.89. The minimum Gasteiger partial charge on any atom is -0.508 e. The largest absolute Gasteiger partial charge is 0.508 e. The van der Waals surface area contributed by atoms with E-state index < -0.39 is 5.54 Å². The van der Waals surface area contributed by atoms with Crippen LogP contribution in [0.1, 0.15) is 12.0 Å². The van der Waals surface area contributed by atoms with Gasteiger partial charge in [-0.15, -0.1) is 0 Å². The molecule has 0 bridgehead atoms. The number of nitrogens with zero attached hydrogens (tertiary/aromatic N) is 2. The minimum atomic E-state index is -0.630. The van der Waals surface area contributed by atoms with E-state index in [-0.39, 0.29) is 18.1 Å². The van der Waals surface area contributed by atoms with Crippen LogP contribution in [0, 0.1) is 11.3 Å². The number of phenols is 1. The molecule has 130 valence electrons. The third-order valence-electron chi connectivity index (χ3n) is 4.38. The van der Waals surface area contributed by atoms with Gasteiger partial charge in [0.25, 0.3) is 0 Å². The van der Waals surface area contributed by atoms with Gasteiger partial charge < -0.3 is 20.1 Å². The van der Waals surface area contributed by atoms with Crippen molar-refractivity contribution in [3.05, 3.63) is 52.8 Å². The number of halogens is 1. The highest BCUT2D eigenvalue weighted by Crippen LogP contribution is 2.27. The lowest BCUT2D eigenvalue weighted by atomic mass is 9.98. The first-order valence-electron chi connectivity index (χ1n) is 7.94. The SMILES string of the molecule is N#CC1(N2C=CC(NC(=O)Cc3cc(Cl)ccc3O)=CC2)CCOC1. The third-order valence-corrected chi connectivity index (χ3v) is 4.61. The van der Waals surface area contributed by atoms with Gasteiger partial charge in [0.05, 0.1) is 25.7 Å². The molecule has 1 atom stereocenters. The van der Waals surface area contributed by atoms with E-state index in [1.54, 1.807) is 18.2 Å². The van der Waals surface area contributed by atoms with Crippen LogP contribution in [0.25, 0.3) is 0 Å². The number of hydrogen-bond donors (Lipinski definition) is 2. The molecular formula is C18H18ClN3O3. The fraction of sp³-hybridized carbons (Fsp3) is 0.333. The van der Waals surface area contributed by atoms with Crippen molar-refractivity contribution in [3.8, 4) is 11.8 Å². The van der Waals surface area contributed by atoms with E-state index in [1.807, 2.05) is 17.2 Å². The summed E-state index contributed by atoms with van der Waals surface area (Å²) in [7, 11) is 0. The molecule has 7 heteroatoms. The second-order valence-electron chi connectivity index (χ2n) is 6.07. The van der Waals surface area contributed by atoms with Crippen molar-refractivity contribution in [1.29, 1.82) is 5.26 Å². The second kappa shape index (κ2) is 7.18. The molecule has 1 amide bonds. The Morgan fingerprint density at radius 2 is 2.36 bits per heavy atom. The normalized spacial score (nSPS) is 22.4. The maximum atomic E-state index is 12.2. The lowest BCUT2D eigenvalue weighted by molar-refractivity contribution is -0.119. The first-order chi connectivity index (χ1) is 12.0. The van der Waals surface area contributed by atoms with Gasteiger partial charge in [0, 0.05) is 35.4 Å². The molecule has 2 aliphatic heterocycles. The maximum absolute atomic E-state index is 12.2. The van der Waals surface area contributed by atoms with Gasteiger partial charge in [-0.2, -0.15) is 5.26 Å². The second-order valence-corrected chi connectivity index (χ2v) is 6.51. The predicted molar refractivity (Wildman–Crippen MR) is 92.7 cm³/mol. The first-order valence-corrected chi connectivity index (χ1v) is 8.31. The van der Waals surface area contributed by atoms with Crippen molar-refractivity contribution in [2.24, 2.45) is 0 Å². The standard InChI is InChI=1S/C18H18ClN3O3/c19-14-1-2-16(23)13(9-14)10-17(24)21-15-3-6-22(7-4-15)18(11-20)5-8-25-12-18/h1-4,6,9,23H,5,7-8,10,12H2,(H,21,24). The van der Waals surface area contributed by atoms with Gasteiger partial charge in [0.1, 0.15) is 5.75 Å². The van der Waals surface area contributed by atoms with Gasteiger partial charge in [0.15, 0.2) is 5.54 Å². The number of benzene rings is 1. The molecule has 2 aliphatic rings. The van der Waals surface area contributed by atoms with E-state index in [0.717, 1.165) is 0 Å². The Balaban J connectivity index is 1.60. The Bertz CT molecular complexity index is 776. The van der Waals surface area contributed by atoms with Crippen molar-refractivity contribution in [1.82, 2.24) is 10.2 Å². The Labute approximate surface area is 150 Å². The van der Waals surface area contributed by atoms with Crippen LogP contribution >= 0.6 is 11.6 Å². The molecule has 6 nitrogen and oxygen atoms in total. The summed E-state index contributed by atoms with van der Waals surface area (Å²) < 4.78 is 5.36. The lowest BCUT2D eigenvalue weighted by Crippen LogP contribution is -2.46. The van der Waals surface area contributed by atoms with Crippen LogP contribution in [-0.4, -0.2) is 41.2 Å². The molecule has 0 radical (unpaired) electrons. The maximum Gasteiger partial charge on any atom is 0.228 e. The molecule has 1 saturated heterocycles. The van der Waals surface area contributed by atoms with Crippen molar-refractivity contribution < 1.29 is 14.6 Å². The van der Waals surface area contributed by atoms with E-state index >= 15 is 0 Å². The lowest BCUT2D eigenvalue weighted by Gasteiger charge is -2.34. The van der Waals surface area contributed by atoms with E-state index in [4.69, 9.17) is 16.3 Å². The summed E-state index contributed by atoms with van der Waals surface area (Å²) in [6, 6.07) is 6.94. The minimum absolute atomic E-state index is 0.0251. The number of nitrogens with one attached hydrogen (secondary N) is 1. The summed E-state index contributed by atoms with van der Waals surface area (Å²) in [5.74, 6) is -0.211. The van der Waals surface area contributed by atoms with Gasteiger partial charge in [0.2, 0.25) is 5.91 Å². The van der Waals surface area contributed by atoms with Crippen molar-refractivity contribution >= 4 is 17.5 Å². The fourth-order valence-electron chi connectivity index (χ4n) is 2.91. The number of amides is 1. The molecule has 0 spiro atoms. The first kappa shape index (κ1) is 17.3. The molecule has 1 unspecified atom stereocenters. The Morgan fingerprint density at radius 1 is 1.52 bits per heavy atom. The zero-order valence-corrected chi connectivity index (χ0v) is 14.3. The van der Waals surface area contributed by atoms with Crippen molar-refractivity contribution in [2.45, 2.75) is 18.4 Å². The molecule has 25 heavy (non-hydrogen) atoms. The number of carbonyl (C=O) groups excluding carboxylic acids is 1. The molecule has 1 aromatic rings. The van der Waals surface area contributed by atoms with E-state index in [1.165, 1.54) is 6.07 Å². The van der Waals surface area contributed by atoms with E-state index in [9.17, 15) is 15.2 Å². The van der Waals surface area contributed by atoms with Crippen LogP contribution in [0.2, 0.25) is 5.02 Å². The van der Waals surface area contributed by atoms with Gasteiger partial charge in [-0.3, -0.25) is 4.79 Å². The summed E-state index contributed by atoms with van der Waals surface area (Å²) in [5, 5.41) is 22.5. The quantitative estimate of drug-likeness (QED) is 0.859. The summed E-state index contributed by atoms with van der Waals surface area (Å²) in [6.45, 7) is 1.48. The smallest absolute Gasteiger partial charge is 0.228 e. The number of ether oxygens (including phenoxy) is 1. The molecule has 1 aromatic carbocycles. The van der Waals surface area contributed by atoms with Crippen LogP contribution in [0.15, 0.2) is 42.2 Å². The van der Waals surface area contributed by atoms with Gasteiger partial charge in [-0.05, 0) is 30.4 Å². The fourth-order valence-corrected chi connectivity index (χ4v) is 3.11. The van der Waals surface area contributed by atoms with Crippen LogP contribution in [-0.2, 0) is 16.0 Å². The molecule has 0 aliphatic carbocycles. The monoisotopic (exact) mass is 359 g/mol. The summed E-state index contributed by atoms with van der Waals surface area (Å²) in [6.07, 6.45) is 6.11. The van der Waals surface area contributed by atoms with Crippen LogP contribution in [0.3, 0.4) is 0 Å². The molecule has 3 rings (SSSR count). The van der Waals surface area contributed by atoms with E-state index in [0.29, 0.717) is 42.5 Å². The number of aromatic hydroxyl groups is 1. The Kier molecular flexibility index (Phi) is 4.98. The number of nitriles is 1. The van der Waals surface area contributed by atoms with Crippen molar-refractivity contribution in [2.75, 3.05) is 19.8 Å². The number of rotatable bonds is 4. The predicted octanol–water partition coefficient (Wildman–Crippen LogP) is 2.10. The average Bonchev–Trinajstić information content (AvgIpc) is 3.09. The zero-order chi connectivity index (χ0) is 17.9. The number of hydrogen-bond acceptors (Lipinski definition) is 5. The molecular weight excluding hydrogens is 342 g/mol. The van der Waals surface area contributed by atoms with E-state index in [2.05, 4.69) is 11.4 Å². The zero-order valence-electron chi connectivity index (χ0n) is 13.5. The van der Waals surface area contributed by atoms with Gasteiger partial charge in [-0.25, -0.2) is 0 Å². The number of phenolic OH excluding ortho intramolecular Hbond substituents is 1. The topological polar surface area (TPSA) is 85.6 Å². The third kappa shape index (κ3) is 3.78. The van der Waals surface area contributed by atoms with Gasteiger partial charge in [-0.1, -0.05) is 11.6 Å². The molecule has 1 fully saturated rings. The molecule has 2 heterocycles. The highest BCUT2D eigenvalue weighted by atomic mass is 35.5. The molecule has 0 aromatic heterocycles. The van der Waals surface area contributed by atoms with Gasteiger partial charge >= 0.3 is 0 Å². The van der Waals surface area contributed by atoms with Crippen LogP contribution in [0.5, 0.6) is 5.75 Å². The molecule has 0 saturated carbocycles. The Hall–Kier alpha value is -2.49. The van der Waals surface area contributed by atoms with Crippen LogP contribution in [0.4, 0.5) is 0 Å². The Morgan fingerprint density at radius 3 is 3.00 bits per heavy atom. The highest BCUT2D eigenvalue weighted by molar-refractivity contribution is 6.30. The summed E-state index contributed by atoms with van der Waals surface area (Å²) in [5.41, 5.74) is 0.503. The highest BCUT2D eigenvalue weighted by Gasteiger charge is 2.39. The number of allylic oxidation sites excluding steroid dienone is 1.